The van der Waals surface area contributed by atoms with Crippen LogP contribution in [-0.4, -0.2) is 68.0 Å². The first-order valence-corrected chi connectivity index (χ1v) is 17.0. The van der Waals surface area contributed by atoms with Crippen LogP contribution in [0.3, 0.4) is 0 Å². The zero-order chi connectivity index (χ0) is 33.6. The molecule has 1 aromatic carbocycles. The number of ether oxygens (including phenoxy) is 1. The summed E-state index contributed by atoms with van der Waals surface area (Å²) in [7, 11) is 0. The third kappa shape index (κ3) is 6.36. The van der Waals surface area contributed by atoms with Gasteiger partial charge in [-0.1, -0.05) is 12.1 Å². The number of hydrogen-bond donors (Lipinski definition) is 2. The summed E-state index contributed by atoms with van der Waals surface area (Å²) in [6, 6.07) is 8.86. The lowest BCUT2D eigenvalue weighted by atomic mass is 10.0. The van der Waals surface area contributed by atoms with E-state index in [-0.39, 0.29) is 30.0 Å². The molecule has 2 saturated heterocycles. The quantitative estimate of drug-likeness (QED) is 0.297. The fourth-order valence-electron chi connectivity index (χ4n) is 7.30. The van der Waals surface area contributed by atoms with Gasteiger partial charge in [0.2, 0.25) is 18.0 Å². The molecular weight excluding hydrogens is 634 g/mol. The molecule has 2 atom stereocenters. The van der Waals surface area contributed by atoms with Gasteiger partial charge in [-0.15, -0.1) is 0 Å². The van der Waals surface area contributed by atoms with Gasteiger partial charge in [0.1, 0.15) is 18.1 Å². The van der Waals surface area contributed by atoms with Crippen molar-refractivity contribution in [3.63, 3.8) is 0 Å². The van der Waals surface area contributed by atoms with Crippen LogP contribution < -0.4 is 15.5 Å². The van der Waals surface area contributed by atoms with Gasteiger partial charge in [0.25, 0.3) is 12.3 Å². The van der Waals surface area contributed by atoms with Crippen LogP contribution in [-0.2, 0) is 27.4 Å². The Labute approximate surface area is 282 Å². The van der Waals surface area contributed by atoms with E-state index in [4.69, 9.17) is 4.74 Å². The van der Waals surface area contributed by atoms with Crippen molar-refractivity contribution in [3.8, 4) is 0 Å². The molecule has 4 aliphatic heterocycles. The number of fused-ring (bicyclic) bond motifs is 1. The number of benzene rings is 1. The lowest BCUT2D eigenvalue weighted by molar-refractivity contribution is -0.136. The van der Waals surface area contributed by atoms with Gasteiger partial charge >= 0.3 is 0 Å². The number of carbonyl (C=O) groups is 3. The van der Waals surface area contributed by atoms with Gasteiger partial charge in [-0.3, -0.25) is 29.3 Å². The minimum absolute atomic E-state index is 0.0349. The Bertz CT molecular complexity index is 1800. The number of amides is 3. The maximum atomic E-state index is 14.4. The smallest absolute Gasteiger partial charge is 0.284 e. The number of pyridine rings is 1. The largest absolute Gasteiger partial charge is 0.472 e. The van der Waals surface area contributed by atoms with Crippen LogP contribution in [0, 0.1) is 5.92 Å². The van der Waals surface area contributed by atoms with E-state index < -0.39 is 24.6 Å². The lowest BCUT2D eigenvalue weighted by Gasteiger charge is -2.32. The van der Waals surface area contributed by atoms with Gasteiger partial charge in [-0.2, -0.15) is 5.10 Å². The predicted octanol–water partition coefficient (Wildman–Crippen LogP) is 4.64. The van der Waals surface area contributed by atoms with Crippen molar-refractivity contribution in [1.82, 2.24) is 29.9 Å². The Kier molecular flexibility index (Phi) is 8.26. The molecule has 0 bridgehead atoms. The molecule has 6 heterocycles. The first-order chi connectivity index (χ1) is 23.8. The summed E-state index contributed by atoms with van der Waals surface area (Å²) >= 11 is 0. The summed E-state index contributed by atoms with van der Waals surface area (Å²) in [5, 5.41) is 10.1. The summed E-state index contributed by atoms with van der Waals surface area (Å²) in [5.41, 5.74) is 3.37. The molecule has 1 aliphatic carbocycles. The number of aromatic nitrogens is 3. The highest BCUT2D eigenvalue weighted by atomic mass is 19.3. The molecule has 14 heteroatoms. The molecule has 2 aromatic heterocycles. The molecule has 49 heavy (non-hydrogen) atoms. The first-order valence-electron chi connectivity index (χ1n) is 17.0. The number of likely N-dealkylation sites (tertiary alicyclic amines) is 1. The summed E-state index contributed by atoms with van der Waals surface area (Å²) in [4.78, 5) is 47.0. The van der Waals surface area contributed by atoms with E-state index in [2.05, 4.69) is 25.6 Å². The molecule has 2 unspecified atom stereocenters. The highest BCUT2D eigenvalue weighted by molar-refractivity contribution is 6.05. The van der Waals surface area contributed by atoms with E-state index in [0.717, 1.165) is 55.0 Å². The van der Waals surface area contributed by atoms with Gasteiger partial charge in [0.05, 0.1) is 11.7 Å². The van der Waals surface area contributed by atoms with E-state index in [1.165, 1.54) is 19.1 Å². The number of nitrogens with zero attached hydrogens (tertiary/aromatic N) is 6. The number of carbonyl (C=O) groups excluding carboxylic acids is 3. The van der Waals surface area contributed by atoms with Crippen LogP contribution in [0.2, 0.25) is 0 Å². The van der Waals surface area contributed by atoms with Crippen LogP contribution in [0.4, 0.5) is 20.3 Å². The Morgan fingerprint density at radius 3 is 2.65 bits per heavy atom. The van der Waals surface area contributed by atoms with Crippen LogP contribution in [0.25, 0.3) is 0 Å². The summed E-state index contributed by atoms with van der Waals surface area (Å²) in [5.74, 6) is 0.502. The lowest BCUT2D eigenvalue weighted by Crippen LogP contribution is -2.52. The fourth-order valence-corrected chi connectivity index (χ4v) is 7.30. The average Bonchev–Trinajstić information content (AvgIpc) is 3.46. The zero-order valence-corrected chi connectivity index (χ0v) is 26.9. The maximum absolute atomic E-state index is 14.4. The van der Waals surface area contributed by atoms with Crippen molar-refractivity contribution in [2.45, 2.75) is 76.4 Å². The summed E-state index contributed by atoms with van der Waals surface area (Å²) in [6.45, 7) is 3.39. The van der Waals surface area contributed by atoms with Gasteiger partial charge in [0.15, 0.2) is 5.69 Å². The van der Waals surface area contributed by atoms with Crippen molar-refractivity contribution in [2.75, 3.05) is 29.9 Å². The number of nitrogens with one attached hydrogen (secondary N) is 2. The number of rotatable bonds is 10. The number of imide groups is 1. The molecule has 3 aromatic rings. The highest BCUT2D eigenvalue weighted by Crippen LogP contribution is 2.40. The average molecular weight is 673 g/mol. The Morgan fingerprint density at radius 1 is 1.04 bits per heavy atom. The van der Waals surface area contributed by atoms with E-state index in [1.54, 1.807) is 33.1 Å². The van der Waals surface area contributed by atoms with Gasteiger partial charge < -0.3 is 19.9 Å². The summed E-state index contributed by atoms with van der Waals surface area (Å²) < 4.78 is 36.3. The third-order valence-electron chi connectivity index (χ3n) is 10.2. The van der Waals surface area contributed by atoms with Crippen molar-refractivity contribution < 1.29 is 27.9 Å². The van der Waals surface area contributed by atoms with Crippen LogP contribution in [0.1, 0.15) is 90.0 Å². The molecule has 8 rings (SSSR count). The number of hydrogen-bond acceptors (Lipinski definition) is 9. The van der Waals surface area contributed by atoms with E-state index in [0.29, 0.717) is 36.7 Å². The van der Waals surface area contributed by atoms with Crippen LogP contribution >= 0.6 is 0 Å². The Balaban J connectivity index is 0.910. The second kappa shape index (κ2) is 12.9. The van der Waals surface area contributed by atoms with Gasteiger partial charge in [-0.25, -0.2) is 13.8 Å². The van der Waals surface area contributed by atoms with E-state index in [9.17, 15) is 23.2 Å². The van der Waals surface area contributed by atoms with Gasteiger partial charge in [0, 0.05) is 68.9 Å². The zero-order valence-electron chi connectivity index (χ0n) is 26.9. The SMILES string of the molecule is O=C1CCC(N2Cc3cc(CN4CCC(n5cc(N6C=COC6c6ccnc(NCC7CC7)c6)c(C(F)F)n5)CC4)ccc3C2=O)C(=O)N1. The minimum Gasteiger partial charge on any atom is -0.472 e. The number of halogens is 2. The second-order valence-electron chi connectivity index (χ2n) is 13.6. The van der Waals surface area contributed by atoms with Crippen LogP contribution in [0.15, 0.2) is 55.2 Å². The monoisotopic (exact) mass is 672 g/mol. The first kappa shape index (κ1) is 31.4. The fraction of sp³-hybridized carbons (Fsp3) is 0.457. The molecule has 0 radical (unpaired) electrons. The molecule has 12 nitrogen and oxygen atoms in total. The minimum atomic E-state index is -2.75. The normalized spacial score (nSPS) is 23.0. The third-order valence-corrected chi connectivity index (χ3v) is 10.2. The maximum Gasteiger partial charge on any atom is 0.284 e. The van der Waals surface area contributed by atoms with Gasteiger partial charge in [-0.05, 0) is 67.3 Å². The highest BCUT2D eigenvalue weighted by Gasteiger charge is 2.39. The molecule has 5 aliphatic rings. The predicted molar refractivity (Wildman–Crippen MR) is 174 cm³/mol. The second-order valence-corrected chi connectivity index (χ2v) is 13.6. The van der Waals surface area contributed by atoms with Crippen molar-refractivity contribution in [2.24, 2.45) is 5.92 Å². The molecule has 3 amide bonds. The van der Waals surface area contributed by atoms with Crippen molar-refractivity contribution >= 4 is 29.2 Å². The number of anilines is 2. The standard InChI is InChI=1S/C35H38F2N8O4/c36-32(37)31-28(43-13-14-49-35(43)23-7-10-38-29(16-23)39-17-21-1-2-21)20-45(41-31)25-8-11-42(12-9-25)18-22-3-4-26-24(15-22)19-44(34(26)48)27-5-6-30(46)40-33(27)47/h3-4,7,10,13-16,20-21,25,27,32,35H,1-2,5-6,8-9,11-12,17-19H2,(H,38,39)(H,40,46,47). The summed E-state index contributed by atoms with van der Waals surface area (Å²) in [6.07, 6.45) is 7.73. The van der Waals surface area contributed by atoms with Crippen LogP contribution in [0.5, 0.6) is 0 Å². The number of piperidine rings is 2. The Morgan fingerprint density at radius 2 is 1.88 bits per heavy atom. The van der Waals surface area contributed by atoms with Crippen molar-refractivity contribution in [1.29, 1.82) is 0 Å². The van der Waals surface area contributed by atoms with E-state index in [1.807, 2.05) is 30.3 Å². The molecule has 3 fully saturated rings. The molecule has 0 spiro atoms. The molecule has 1 saturated carbocycles. The molecule has 256 valence electrons. The molecule has 2 N–H and O–H groups in total. The molecular formula is C35H38F2N8O4. The van der Waals surface area contributed by atoms with E-state index >= 15 is 0 Å². The number of alkyl halides is 2. The topological polar surface area (TPSA) is 125 Å². The van der Waals surface area contributed by atoms with Crippen molar-refractivity contribution in [3.05, 3.63) is 83.1 Å². The Hall–Kier alpha value is -4.85.